The first-order valence-electron chi connectivity index (χ1n) is 8.82. The van der Waals surface area contributed by atoms with Crippen LogP contribution in [0.25, 0.3) is 0 Å². The Bertz CT molecular complexity index is 610. The minimum atomic E-state index is -4.43. The van der Waals surface area contributed by atoms with Gasteiger partial charge in [-0.1, -0.05) is 12.1 Å². The van der Waals surface area contributed by atoms with E-state index in [1.807, 2.05) is 0 Å². The number of likely N-dealkylation sites (tertiary alicyclic amines) is 1. The van der Waals surface area contributed by atoms with E-state index in [0.29, 0.717) is 24.9 Å². The highest BCUT2D eigenvalue weighted by molar-refractivity contribution is 5.77. The molecule has 8 heteroatoms. The van der Waals surface area contributed by atoms with Gasteiger partial charge in [-0.15, -0.1) is 0 Å². The maximum atomic E-state index is 12.4. The average Bonchev–Trinajstić information content (AvgIpc) is 2.96. The average molecular weight is 372 g/mol. The number of nitrogens with zero attached hydrogens (tertiary/aromatic N) is 1. The Morgan fingerprint density at radius 2 is 1.65 bits per heavy atom. The van der Waals surface area contributed by atoms with E-state index in [2.05, 4.69) is 5.32 Å². The largest absolute Gasteiger partial charge is 0.480 e. The monoisotopic (exact) mass is 372 g/mol. The van der Waals surface area contributed by atoms with E-state index in [1.54, 1.807) is 17.0 Å². The number of para-hydroxylation sites is 2. The predicted octanol–water partition coefficient (Wildman–Crippen LogP) is 2.46. The number of alkyl halides is 3. The second-order valence-electron chi connectivity index (χ2n) is 6.78. The lowest BCUT2D eigenvalue weighted by Gasteiger charge is -2.21. The van der Waals surface area contributed by atoms with Gasteiger partial charge in [-0.3, -0.25) is 4.79 Å². The van der Waals surface area contributed by atoms with Crippen LogP contribution in [-0.2, 0) is 4.79 Å². The molecule has 0 spiro atoms. The molecule has 1 aromatic carbocycles. The van der Waals surface area contributed by atoms with Crippen molar-refractivity contribution in [3.63, 3.8) is 0 Å². The number of carbonyl (C=O) groups excluding carboxylic acids is 1. The van der Waals surface area contributed by atoms with Crippen LogP contribution in [0.2, 0.25) is 0 Å². The Morgan fingerprint density at radius 3 is 2.23 bits per heavy atom. The minimum Gasteiger partial charge on any atom is -0.480 e. The zero-order valence-corrected chi connectivity index (χ0v) is 14.4. The molecule has 1 N–H and O–H groups in total. The zero-order valence-electron chi connectivity index (χ0n) is 14.4. The van der Waals surface area contributed by atoms with Crippen LogP contribution in [0.4, 0.5) is 13.2 Å². The first-order valence-corrected chi connectivity index (χ1v) is 8.82. The molecule has 2 heterocycles. The quantitative estimate of drug-likeness (QED) is 0.863. The summed E-state index contributed by atoms with van der Waals surface area (Å²) in [4.78, 5) is 14.2. The van der Waals surface area contributed by atoms with Crippen LogP contribution in [0.15, 0.2) is 24.3 Å². The number of hydrogen-bond donors (Lipinski definition) is 1. The highest BCUT2D eigenvalue weighted by atomic mass is 19.4. The Balaban J connectivity index is 1.53. The summed E-state index contributed by atoms with van der Waals surface area (Å²) in [6, 6.07) is 6.07. The van der Waals surface area contributed by atoms with Gasteiger partial charge in [0.1, 0.15) is 0 Å². The van der Waals surface area contributed by atoms with Gasteiger partial charge in [-0.2, -0.15) is 13.2 Å². The van der Waals surface area contributed by atoms with Crippen LogP contribution in [0.5, 0.6) is 11.5 Å². The topological polar surface area (TPSA) is 50.8 Å². The fourth-order valence-corrected chi connectivity index (χ4v) is 3.55. The molecule has 0 aromatic heterocycles. The molecular formula is C18H23F3N2O3. The van der Waals surface area contributed by atoms with Crippen LogP contribution < -0.4 is 14.8 Å². The number of amides is 1. The van der Waals surface area contributed by atoms with Gasteiger partial charge in [-0.25, -0.2) is 0 Å². The Hall–Kier alpha value is -1.96. The summed E-state index contributed by atoms with van der Waals surface area (Å²) >= 11 is 0. The minimum absolute atomic E-state index is 0.0194. The molecule has 26 heavy (non-hydrogen) atoms. The van der Waals surface area contributed by atoms with E-state index in [9.17, 15) is 18.0 Å². The molecule has 5 nitrogen and oxygen atoms in total. The summed E-state index contributed by atoms with van der Waals surface area (Å²) in [5.74, 6) is 1.20. The third-order valence-corrected chi connectivity index (χ3v) is 4.96. The molecule has 2 saturated heterocycles. The van der Waals surface area contributed by atoms with Gasteiger partial charge >= 0.3 is 6.18 Å². The highest BCUT2D eigenvalue weighted by Gasteiger charge is 2.32. The zero-order chi connectivity index (χ0) is 18.6. The van der Waals surface area contributed by atoms with E-state index in [0.717, 1.165) is 25.9 Å². The van der Waals surface area contributed by atoms with Crippen molar-refractivity contribution in [2.24, 2.45) is 11.8 Å². The van der Waals surface area contributed by atoms with E-state index in [-0.39, 0.29) is 24.0 Å². The molecule has 0 radical (unpaired) electrons. The molecule has 1 amide bonds. The molecule has 0 aliphatic carbocycles. The first kappa shape index (κ1) is 18.8. The molecule has 1 aromatic rings. The molecule has 2 fully saturated rings. The van der Waals surface area contributed by atoms with Crippen molar-refractivity contribution in [3.8, 4) is 11.5 Å². The molecule has 2 atom stereocenters. The van der Waals surface area contributed by atoms with Gasteiger partial charge in [0.2, 0.25) is 0 Å². The molecule has 0 bridgehead atoms. The summed E-state index contributed by atoms with van der Waals surface area (Å²) in [6.45, 7) is 1.79. The fourth-order valence-electron chi connectivity index (χ4n) is 3.55. The van der Waals surface area contributed by atoms with Crippen molar-refractivity contribution in [1.82, 2.24) is 10.2 Å². The lowest BCUT2D eigenvalue weighted by atomic mass is 9.92. The number of halogens is 3. The van der Waals surface area contributed by atoms with E-state index >= 15 is 0 Å². The molecule has 3 rings (SSSR count). The van der Waals surface area contributed by atoms with Crippen molar-refractivity contribution in [1.29, 1.82) is 0 Å². The summed E-state index contributed by atoms with van der Waals surface area (Å²) in [5, 5.41) is 3.39. The Kier molecular flexibility index (Phi) is 5.90. The summed E-state index contributed by atoms with van der Waals surface area (Å²) < 4.78 is 47.2. The van der Waals surface area contributed by atoms with Gasteiger partial charge < -0.3 is 19.7 Å². The SMILES string of the molecule is O=C(COc1ccccc1OCC(F)(F)F)N1CC[C@@H]2CNC[C@@H]2CC1. The number of benzene rings is 1. The van der Waals surface area contributed by atoms with Gasteiger partial charge in [0.05, 0.1) is 0 Å². The van der Waals surface area contributed by atoms with Gasteiger partial charge in [0, 0.05) is 13.1 Å². The molecule has 0 unspecified atom stereocenters. The van der Waals surface area contributed by atoms with Gasteiger partial charge in [-0.05, 0) is 49.9 Å². The van der Waals surface area contributed by atoms with E-state index in [1.165, 1.54) is 12.1 Å². The number of fused-ring (bicyclic) bond motifs is 1. The van der Waals surface area contributed by atoms with Crippen LogP contribution in [0.3, 0.4) is 0 Å². The van der Waals surface area contributed by atoms with Crippen LogP contribution in [0.1, 0.15) is 12.8 Å². The predicted molar refractivity (Wildman–Crippen MR) is 89.2 cm³/mol. The van der Waals surface area contributed by atoms with Crippen LogP contribution >= 0.6 is 0 Å². The first-order chi connectivity index (χ1) is 12.4. The van der Waals surface area contributed by atoms with Crippen LogP contribution in [-0.4, -0.2) is 56.4 Å². The maximum Gasteiger partial charge on any atom is 0.422 e. The number of rotatable bonds is 5. The number of nitrogens with one attached hydrogen (secondary N) is 1. The lowest BCUT2D eigenvalue weighted by Crippen LogP contribution is -2.36. The molecule has 2 aliphatic heterocycles. The molecule has 144 valence electrons. The Labute approximate surface area is 150 Å². The lowest BCUT2D eigenvalue weighted by molar-refractivity contribution is -0.153. The van der Waals surface area contributed by atoms with Crippen molar-refractivity contribution in [2.45, 2.75) is 19.0 Å². The molecular weight excluding hydrogens is 349 g/mol. The third kappa shape index (κ3) is 5.03. The van der Waals surface area contributed by atoms with Crippen molar-refractivity contribution < 1.29 is 27.4 Å². The van der Waals surface area contributed by atoms with Crippen molar-refractivity contribution >= 4 is 5.91 Å². The Morgan fingerprint density at radius 1 is 1.08 bits per heavy atom. The highest BCUT2D eigenvalue weighted by Crippen LogP contribution is 2.29. The normalized spacial score (nSPS) is 23.3. The fraction of sp³-hybridized carbons (Fsp3) is 0.611. The molecule has 2 aliphatic rings. The summed E-state index contributed by atoms with van der Waals surface area (Å²) in [6.07, 6.45) is -2.49. The third-order valence-electron chi connectivity index (χ3n) is 4.96. The second kappa shape index (κ2) is 8.16. The van der Waals surface area contributed by atoms with Crippen molar-refractivity contribution in [2.75, 3.05) is 39.4 Å². The standard InChI is InChI=1S/C18H23F3N2O3/c19-18(20,21)12-26-16-4-2-1-3-15(16)25-11-17(24)23-7-5-13-9-22-10-14(13)6-8-23/h1-4,13-14,22H,5-12H2/t13-,14+. The number of ether oxygens (including phenoxy) is 2. The number of hydrogen-bond acceptors (Lipinski definition) is 4. The van der Waals surface area contributed by atoms with Crippen LogP contribution in [0, 0.1) is 11.8 Å². The maximum absolute atomic E-state index is 12.4. The summed E-state index contributed by atoms with van der Waals surface area (Å²) in [5.41, 5.74) is 0. The summed E-state index contributed by atoms with van der Waals surface area (Å²) in [7, 11) is 0. The van der Waals surface area contributed by atoms with E-state index < -0.39 is 12.8 Å². The van der Waals surface area contributed by atoms with Crippen molar-refractivity contribution in [3.05, 3.63) is 24.3 Å². The molecule has 0 saturated carbocycles. The van der Waals surface area contributed by atoms with E-state index in [4.69, 9.17) is 9.47 Å². The number of carbonyl (C=O) groups is 1. The second-order valence-corrected chi connectivity index (χ2v) is 6.78. The van der Waals surface area contributed by atoms with Gasteiger partial charge in [0.25, 0.3) is 5.91 Å². The smallest absolute Gasteiger partial charge is 0.422 e. The van der Waals surface area contributed by atoms with Gasteiger partial charge in [0.15, 0.2) is 24.7 Å².